The molecule has 10 heteroatoms. The largest absolute Gasteiger partial charge is 0.495 e. The van der Waals surface area contributed by atoms with Crippen LogP contribution in [0.3, 0.4) is 0 Å². The lowest BCUT2D eigenvalue weighted by Gasteiger charge is -2.33. The summed E-state index contributed by atoms with van der Waals surface area (Å²) in [7, 11) is -1.16. The van der Waals surface area contributed by atoms with Crippen LogP contribution in [0.4, 0.5) is 26.3 Å². The SMILES string of the molecule is Cc1ccc(C(O)(C(F)(F)F)C(F)(F)F)cc1B1OC(C)(C)C(C)(C)O1. The summed E-state index contributed by atoms with van der Waals surface area (Å²) in [4.78, 5) is 0. The second-order valence-electron chi connectivity index (χ2n) is 7.37. The molecule has 0 bridgehead atoms. The van der Waals surface area contributed by atoms with Crippen molar-refractivity contribution in [3.8, 4) is 0 Å². The van der Waals surface area contributed by atoms with Gasteiger partial charge in [0.05, 0.1) is 11.2 Å². The Hall–Kier alpha value is -1.26. The predicted octanol–water partition coefficient (Wildman–Crippen LogP) is 3.61. The Morgan fingerprint density at radius 2 is 1.31 bits per heavy atom. The van der Waals surface area contributed by atoms with E-state index in [0.29, 0.717) is 17.7 Å². The zero-order chi connectivity index (χ0) is 20.3. The van der Waals surface area contributed by atoms with Gasteiger partial charge < -0.3 is 14.4 Å². The molecule has 0 unspecified atom stereocenters. The van der Waals surface area contributed by atoms with Gasteiger partial charge in [0.1, 0.15) is 0 Å². The topological polar surface area (TPSA) is 38.7 Å². The average Bonchev–Trinajstić information content (AvgIpc) is 2.64. The van der Waals surface area contributed by atoms with Gasteiger partial charge in [0.15, 0.2) is 0 Å². The standard InChI is InChI=1S/C16H19BF6O3/c1-9-6-7-10(14(24,15(18,19)20)16(21,22)23)8-11(9)17-25-12(2,3)13(4,5)26-17/h6-8,24H,1-5H3. The highest BCUT2D eigenvalue weighted by atomic mass is 19.4. The third-order valence-corrected chi connectivity index (χ3v) is 5.02. The lowest BCUT2D eigenvalue weighted by Crippen LogP contribution is -2.54. The minimum atomic E-state index is -5.95. The highest BCUT2D eigenvalue weighted by Crippen LogP contribution is 2.50. The van der Waals surface area contributed by atoms with Crippen molar-refractivity contribution in [3.05, 3.63) is 29.3 Å². The Kier molecular flexibility index (Phi) is 4.75. The molecule has 0 amide bonds. The van der Waals surface area contributed by atoms with E-state index in [2.05, 4.69) is 0 Å². The van der Waals surface area contributed by atoms with E-state index in [4.69, 9.17) is 9.31 Å². The summed E-state index contributed by atoms with van der Waals surface area (Å²) in [5, 5.41) is 9.59. The summed E-state index contributed by atoms with van der Waals surface area (Å²) in [5.41, 5.74) is -7.62. The number of hydrogen-bond acceptors (Lipinski definition) is 3. The van der Waals surface area contributed by atoms with E-state index in [1.54, 1.807) is 27.7 Å². The van der Waals surface area contributed by atoms with Crippen molar-refractivity contribution in [1.29, 1.82) is 0 Å². The molecule has 0 radical (unpaired) electrons. The molecule has 2 rings (SSSR count). The number of benzene rings is 1. The van der Waals surface area contributed by atoms with Crippen LogP contribution >= 0.6 is 0 Å². The molecule has 1 N–H and O–H groups in total. The number of aliphatic hydroxyl groups is 1. The van der Waals surface area contributed by atoms with Gasteiger partial charge in [-0.25, -0.2) is 0 Å². The van der Waals surface area contributed by atoms with Gasteiger partial charge in [-0.05, 0) is 40.1 Å². The van der Waals surface area contributed by atoms with Gasteiger partial charge in [0.25, 0.3) is 5.60 Å². The van der Waals surface area contributed by atoms with Gasteiger partial charge in [0.2, 0.25) is 0 Å². The maximum atomic E-state index is 13.1. The molecule has 1 fully saturated rings. The second kappa shape index (κ2) is 5.87. The first-order valence-corrected chi connectivity index (χ1v) is 7.76. The van der Waals surface area contributed by atoms with Crippen LogP contribution in [-0.2, 0) is 14.9 Å². The summed E-state index contributed by atoms with van der Waals surface area (Å²) in [6.07, 6.45) is -11.9. The highest BCUT2D eigenvalue weighted by molar-refractivity contribution is 6.62. The minimum Gasteiger partial charge on any atom is -0.399 e. The molecule has 146 valence electrons. The number of alkyl halides is 6. The predicted molar refractivity (Wildman–Crippen MR) is 82.9 cm³/mol. The second-order valence-corrected chi connectivity index (χ2v) is 7.37. The van der Waals surface area contributed by atoms with Crippen molar-refractivity contribution in [3.63, 3.8) is 0 Å². The Labute approximate surface area is 147 Å². The van der Waals surface area contributed by atoms with Crippen molar-refractivity contribution >= 4 is 12.6 Å². The lowest BCUT2D eigenvalue weighted by atomic mass is 9.74. The van der Waals surface area contributed by atoms with Crippen LogP contribution in [0.2, 0.25) is 0 Å². The van der Waals surface area contributed by atoms with Crippen molar-refractivity contribution in [1.82, 2.24) is 0 Å². The van der Waals surface area contributed by atoms with E-state index in [9.17, 15) is 31.4 Å². The van der Waals surface area contributed by atoms with Crippen LogP contribution in [0.1, 0.15) is 38.8 Å². The molecule has 1 aliphatic heterocycles. The Balaban J connectivity index is 2.58. The van der Waals surface area contributed by atoms with E-state index in [1.165, 1.54) is 6.92 Å². The van der Waals surface area contributed by atoms with E-state index in [-0.39, 0.29) is 5.46 Å². The van der Waals surface area contributed by atoms with E-state index >= 15 is 0 Å². The highest BCUT2D eigenvalue weighted by Gasteiger charge is 2.71. The quantitative estimate of drug-likeness (QED) is 0.626. The first kappa shape index (κ1) is 21.0. The smallest absolute Gasteiger partial charge is 0.399 e. The third kappa shape index (κ3) is 3.12. The van der Waals surface area contributed by atoms with Crippen molar-refractivity contribution in [2.75, 3.05) is 0 Å². The Morgan fingerprint density at radius 3 is 1.69 bits per heavy atom. The summed E-state index contributed by atoms with van der Waals surface area (Å²) >= 11 is 0. The zero-order valence-corrected chi connectivity index (χ0v) is 14.8. The molecule has 0 spiro atoms. The van der Waals surface area contributed by atoms with Gasteiger partial charge >= 0.3 is 19.5 Å². The molecule has 0 saturated carbocycles. The van der Waals surface area contributed by atoms with Crippen LogP contribution < -0.4 is 5.46 Å². The fourth-order valence-electron chi connectivity index (χ4n) is 2.58. The summed E-state index contributed by atoms with van der Waals surface area (Å²) < 4.78 is 90.1. The monoisotopic (exact) mass is 384 g/mol. The number of aryl methyl sites for hydroxylation is 1. The maximum Gasteiger partial charge on any atom is 0.495 e. The van der Waals surface area contributed by atoms with E-state index in [0.717, 1.165) is 6.07 Å². The van der Waals surface area contributed by atoms with Gasteiger partial charge in [0, 0.05) is 5.56 Å². The fourth-order valence-corrected chi connectivity index (χ4v) is 2.58. The number of rotatable bonds is 2. The number of halogens is 6. The third-order valence-electron chi connectivity index (χ3n) is 5.02. The van der Waals surface area contributed by atoms with Crippen LogP contribution in [0, 0.1) is 6.92 Å². The van der Waals surface area contributed by atoms with Gasteiger partial charge in [-0.2, -0.15) is 26.3 Å². The first-order valence-electron chi connectivity index (χ1n) is 7.76. The van der Waals surface area contributed by atoms with Gasteiger partial charge in [-0.3, -0.25) is 0 Å². The van der Waals surface area contributed by atoms with Crippen molar-refractivity contribution < 1.29 is 40.8 Å². The Bertz CT molecular complexity index is 666. The normalized spacial score (nSPS) is 20.5. The summed E-state index contributed by atoms with van der Waals surface area (Å²) in [5.74, 6) is 0. The van der Waals surface area contributed by atoms with Crippen molar-refractivity contribution in [2.45, 2.75) is 63.8 Å². The van der Waals surface area contributed by atoms with E-state index in [1.807, 2.05) is 0 Å². The average molecular weight is 384 g/mol. The maximum absolute atomic E-state index is 13.1. The molecule has 0 aliphatic carbocycles. The summed E-state index contributed by atoms with van der Waals surface area (Å²) in [6, 6.07) is 2.31. The Morgan fingerprint density at radius 1 is 0.885 bits per heavy atom. The van der Waals surface area contributed by atoms with Crippen molar-refractivity contribution in [2.24, 2.45) is 0 Å². The molecule has 1 heterocycles. The van der Waals surface area contributed by atoms with Crippen LogP contribution in [0.15, 0.2) is 18.2 Å². The summed E-state index contributed by atoms with van der Waals surface area (Å²) in [6.45, 7) is 8.31. The number of hydrogen-bond donors (Lipinski definition) is 1. The molecule has 0 atom stereocenters. The van der Waals surface area contributed by atoms with E-state index < -0.39 is 41.8 Å². The molecule has 1 saturated heterocycles. The molecule has 0 aromatic heterocycles. The first-order chi connectivity index (χ1) is 11.4. The van der Waals surface area contributed by atoms with Gasteiger partial charge in [-0.1, -0.05) is 23.8 Å². The molecule has 1 aromatic rings. The lowest BCUT2D eigenvalue weighted by molar-refractivity contribution is -0.376. The molecule has 26 heavy (non-hydrogen) atoms. The minimum absolute atomic E-state index is 0.00641. The van der Waals surface area contributed by atoms with Gasteiger partial charge in [-0.15, -0.1) is 0 Å². The van der Waals surface area contributed by atoms with Crippen LogP contribution in [0.25, 0.3) is 0 Å². The molecule has 1 aliphatic rings. The van der Waals surface area contributed by atoms with Crippen LogP contribution in [0.5, 0.6) is 0 Å². The van der Waals surface area contributed by atoms with Crippen LogP contribution in [-0.4, -0.2) is 35.8 Å². The molecular formula is C16H19BF6O3. The molecule has 3 nitrogen and oxygen atoms in total. The zero-order valence-electron chi connectivity index (χ0n) is 14.8. The molecule has 1 aromatic carbocycles. The fraction of sp³-hybridized carbons (Fsp3) is 0.625. The molecular weight excluding hydrogens is 365 g/mol.